The number of amides is 1. The SMILES string of the molecule is Cc1nnc(NC(=O)CSc2ncc(-c3cccc([N+](=O)[O-])c3)n2-c2ccc(OC(F)F)cc2)s1. The number of carbonyl (C=O) groups is 1. The first-order chi connectivity index (χ1) is 16.8. The van der Waals surface area contributed by atoms with Crippen LogP contribution in [0.25, 0.3) is 16.9 Å². The van der Waals surface area contributed by atoms with Gasteiger partial charge in [0.05, 0.1) is 22.6 Å². The van der Waals surface area contributed by atoms with Crippen LogP contribution in [0.5, 0.6) is 5.75 Å². The van der Waals surface area contributed by atoms with Gasteiger partial charge in [0.1, 0.15) is 10.8 Å². The zero-order chi connectivity index (χ0) is 24.9. The van der Waals surface area contributed by atoms with Crippen molar-refractivity contribution in [2.75, 3.05) is 11.1 Å². The second-order valence-electron chi connectivity index (χ2n) is 6.90. The number of nitro benzene ring substituents is 1. The van der Waals surface area contributed by atoms with Gasteiger partial charge in [0, 0.05) is 23.4 Å². The fourth-order valence-electron chi connectivity index (χ4n) is 3.08. The van der Waals surface area contributed by atoms with Gasteiger partial charge in [0.2, 0.25) is 11.0 Å². The number of halogens is 2. The number of nitrogens with one attached hydrogen (secondary N) is 1. The van der Waals surface area contributed by atoms with Crippen molar-refractivity contribution in [2.45, 2.75) is 18.7 Å². The molecule has 180 valence electrons. The molecule has 0 fully saturated rings. The van der Waals surface area contributed by atoms with Gasteiger partial charge in [0.25, 0.3) is 5.69 Å². The van der Waals surface area contributed by atoms with Crippen LogP contribution >= 0.6 is 23.1 Å². The molecule has 0 spiro atoms. The number of rotatable bonds is 9. The highest BCUT2D eigenvalue weighted by atomic mass is 32.2. The minimum absolute atomic E-state index is 0.00338. The van der Waals surface area contributed by atoms with Gasteiger partial charge in [-0.25, -0.2) is 4.98 Å². The Kier molecular flexibility index (Phi) is 7.31. The number of alkyl halides is 2. The molecule has 10 nitrogen and oxygen atoms in total. The van der Waals surface area contributed by atoms with E-state index in [2.05, 4.69) is 25.2 Å². The number of nitro groups is 1. The van der Waals surface area contributed by atoms with Crippen LogP contribution in [-0.2, 0) is 4.79 Å². The fraction of sp³-hybridized carbons (Fsp3) is 0.143. The van der Waals surface area contributed by atoms with Crippen LogP contribution in [0.3, 0.4) is 0 Å². The van der Waals surface area contributed by atoms with E-state index in [1.807, 2.05) is 0 Å². The quantitative estimate of drug-likeness (QED) is 0.188. The first kappa shape index (κ1) is 24.2. The number of imidazole rings is 1. The standard InChI is InChI=1S/C21H16F2N6O4S2/c1-12-26-27-20(35-12)25-18(30)11-34-21-24-10-17(13-3-2-4-15(9-13)29(31)32)28(21)14-5-7-16(8-6-14)33-19(22)23/h2-10,19H,11H2,1H3,(H,25,27,30). The lowest BCUT2D eigenvalue weighted by Crippen LogP contribution is -2.14. The second kappa shape index (κ2) is 10.6. The number of carbonyl (C=O) groups excluding carboxylic acids is 1. The van der Waals surface area contributed by atoms with Crippen molar-refractivity contribution in [1.29, 1.82) is 0 Å². The highest BCUT2D eigenvalue weighted by Gasteiger charge is 2.18. The fourth-order valence-corrected chi connectivity index (χ4v) is 4.48. The van der Waals surface area contributed by atoms with E-state index in [4.69, 9.17) is 0 Å². The van der Waals surface area contributed by atoms with E-state index in [1.54, 1.807) is 35.8 Å². The second-order valence-corrected chi connectivity index (χ2v) is 9.03. The number of thioether (sulfide) groups is 1. The third-order valence-electron chi connectivity index (χ3n) is 4.51. The molecular formula is C21H16F2N6O4S2. The molecule has 1 amide bonds. The summed E-state index contributed by atoms with van der Waals surface area (Å²) in [4.78, 5) is 27.5. The molecule has 0 radical (unpaired) electrons. The largest absolute Gasteiger partial charge is 0.435 e. The summed E-state index contributed by atoms with van der Waals surface area (Å²) >= 11 is 2.37. The average Bonchev–Trinajstić information content (AvgIpc) is 3.44. The Balaban J connectivity index is 1.65. The van der Waals surface area contributed by atoms with Crippen LogP contribution in [0, 0.1) is 17.0 Å². The van der Waals surface area contributed by atoms with Gasteiger partial charge in [-0.2, -0.15) is 8.78 Å². The summed E-state index contributed by atoms with van der Waals surface area (Å²) < 4.78 is 31.2. The van der Waals surface area contributed by atoms with E-state index >= 15 is 0 Å². The zero-order valence-corrected chi connectivity index (χ0v) is 19.6. The summed E-state index contributed by atoms with van der Waals surface area (Å²) in [5.41, 5.74) is 1.46. The van der Waals surface area contributed by atoms with E-state index in [0.717, 1.165) is 11.8 Å². The molecule has 0 unspecified atom stereocenters. The van der Waals surface area contributed by atoms with Crippen molar-refractivity contribution in [3.8, 4) is 22.7 Å². The third-order valence-corrected chi connectivity index (χ3v) is 6.21. The minimum atomic E-state index is -2.96. The summed E-state index contributed by atoms with van der Waals surface area (Å²) in [6.45, 7) is -1.19. The number of aromatic nitrogens is 4. The predicted molar refractivity (Wildman–Crippen MR) is 126 cm³/mol. The Morgan fingerprint density at radius 3 is 2.69 bits per heavy atom. The molecule has 1 N–H and O–H groups in total. The Morgan fingerprint density at radius 1 is 1.26 bits per heavy atom. The van der Waals surface area contributed by atoms with Gasteiger partial charge in [-0.15, -0.1) is 10.2 Å². The highest BCUT2D eigenvalue weighted by molar-refractivity contribution is 7.99. The van der Waals surface area contributed by atoms with Gasteiger partial charge in [-0.3, -0.25) is 24.8 Å². The topological polar surface area (TPSA) is 125 Å². The molecule has 4 rings (SSSR count). The van der Waals surface area contributed by atoms with E-state index in [-0.39, 0.29) is 23.1 Å². The van der Waals surface area contributed by atoms with Crippen LogP contribution in [0.2, 0.25) is 0 Å². The zero-order valence-electron chi connectivity index (χ0n) is 17.9. The summed E-state index contributed by atoms with van der Waals surface area (Å²) in [5.74, 6) is -0.351. The van der Waals surface area contributed by atoms with Gasteiger partial charge < -0.3 is 4.74 Å². The van der Waals surface area contributed by atoms with Crippen LogP contribution in [0.1, 0.15) is 5.01 Å². The molecule has 2 aromatic carbocycles. The monoisotopic (exact) mass is 518 g/mol. The number of aryl methyl sites for hydroxylation is 1. The predicted octanol–water partition coefficient (Wildman–Crippen LogP) is 4.94. The molecule has 35 heavy (non-hydrogen) atoms. The van der Waals surface area contributed by atoms with Crippen molar-refractivity contribution in [3.05, 3.63) is 69.8 Å². The molecule has 0 aliphatic rings. The van der Waals surface area contributed by atoms with Crippen LogP contribution in [0.4, 0.5) is 19.6 Å². The summed E-state index contributed by atoms with van der Waals surface area (Å²) in [7, 11) is 0. The Morgan fingerprint density at radius 2 is 2.03 bits per heavy atom. The average molecular weight is 519 g/mol. The number of hydrogen-bond acceptors (Lipinski definition) is 9. The normalized spacial score (nSPS) is 11.0. The molecule has 0 bridgehead atoms. The number of benzene rings is 2. The Bertz CT molecular complexity index is 1360. The van der Waals surface area contributed by atoms with Gasteiger partial charge in [-0.05, 0) is 31.2 Å². The smallest absolute Gasteiger partial charge is 0.387 e. The first-order valence-corrected chi connectivity index (χ1v) is 11.7. The number of ether oxygens (including phenoxy) is 1. The van der Waals surface area contributed by atoms with Crippen molar-refractivity contribution in [3.63, 3.8) is 0 Å². The van der Waals surface area contributed by atoms with Crippen LogP contribution in [-0.4, -0.2) is 42.9 Å². The van der Waals surface area contributed by atoms with Crippen LogP contribution < -0.4 is 10.1 Å². The molecule has 0 atom stereocenters. The maximum atomic E-state index is 12.5. The maximum Gasteiger partial charge on any atom is 0.387 e. The lowest BCUT2D eigenvalue weighted by Gasteiger charge is -2.13. The van der Waals surface area contributed by atoms with Gasteiger partial charge in [-0.1, -0.05) is 35.2 Å². The van der Waals surface area contributed by atoms with Crippen molar-refractivity contribution >= 4 is 39.8 Å². The van der Waals surface area contributed by atoms with E-state index < -0.39 is 11.5 Å². The minimum Gasteiger partial charge on any atom is -0.435 e. The highest BCUT2D eigenvalue weighted by Crippen LogP contribution is 2.32. The number of non-ortho nitro benzene ring substituents is 1. The molecule has 14 heteroatoms. The summed E-state index contributed by atoms with van der Waals surface area (Å²) in [6, 6.07) is 11.9. The Hall–Kier alpha value is -3.91. The molecule has 0 saturated carbocycles. The van der Waals surface area contributed by atoms with Crippen molar-refractivity contribution in [2.24, 2.45) is 0 Å². The van der Waals surface area contributed by atoms with E-state index in [1.165, 1.54) is 41.8 Å². The number of anilines is 1. The van der Waals surface area contributed by atoms with Gasteiger partial charge >= 0.3 is 6.61 Å². The van der Waals surface area contributed by atoms with Crippen molar-refractivity contribution in [1.82, 2.24) is 19.7 Å². The molecule has 2 heterocycles. The summed E-state index contributed by atoms with van der Waals surface area (Å²) in [6.07, 6.45) is 1.52. The maximum absolute atomic E-state index is 12.5. The number of nitrogens with zero attached hydrogens (tertiary/aromatic N) is 5. The van der Waals surface area contributed by atoms with E-state index in [9.17, 15) is 23.7 Å². The molecule has 2 aromatic heterocycles. The molecule has 0 aliphatic heterocycles. The first-order valence-electron chi connectivity index (χ1n) is 9.90. The molecule has 0 aliphatic carbocycles. The number of hydrogen-bond donors (Lipinski definition) is 1. The lowest BCUT2D eigenvalue weighted by atomic mass is 10.1. The Labute approximate surface area is 205 Å². The lowest BCUT2D eigenvalue weighted by molar-refractivity contribution is -0.384. The molecule has 4 aromatic rings. The van der Waals surface area contributed by atoms with Crippen molar-refractivity contribution < 1.29 is 23.2 Å². The molecule has 0 saturated heterocycles. The van der Waals surface area contributed by atoms with Crippen LogP contribution in [0.15, 0.2) is 59.9 Å². The van der Waals surface area contributed by atoms with E-state index in [0.29, 0.717) is 32.2 Å². The third kappa shape index (κ3) is 5.96. The molecular weight excluding hydrogens is 502 g/mol. The van der Waals surface area contributed by atoms with Gasteiger partial charge in [0.15, 0.2) is 5.16 Å². The summed E-state index contributed by atoms with van der Waals surface area (Å²) in [5, 5.41) is 23.1.